The number of benzene rings is 1. The first-order valence-electron chi connectivity index (χ1n) is 6.84. The van der Waals surface area contributed by atoms with E-state index in [1.165, 1.54) is 5.56 Å². The molecule has 0 aliphatic heterocycles. The lowest BCUT2D eigenvalue weighted by Gasteiger charge is -2.35. The topological polar surface area (TPSA) is 98.1 Å². The molecule has 6 nitrogen and oxygen atoms in total. The fourth-order valence-corrected chi connectivity index (χ4v) is 3.10. The van der Waals surface area contributed by atoms with Crippen LogP contribution in [0.2, 0.25) is 0 Å². The van der Waals surface area contributed by atoms with Gasteiger partial charge in [0.25, 0.3) is 0 Å². The lowest BCUT2D eigenvalue weighted by Crippen LogP contribution is -2.56. The van der Waals surface area contributed by atoms with Crippen LogP contribution in [0, 0.1) is 0 Å². The Morgan fingerprint density at radius 3 is 3.05 bits per heavy atom. The molecule has 112 valence electrons. The van der Waals surface area contributed by atoms with Crippen LogP contribution in [0.4, 0.5) is 0 Å². The van der Waals surface area contributed by atoms with Crippen LogP contribution in [0.15, 0.2) is 27.8 Å². The molecule has 1 aliphatic carbocycles. The number of fused-ring (bicyclic) bond motifs is 1. The standard InChI is InChI=1S/C14H17BrN4O2/c15-12-3-2-11-9-14(13(20)21,5-4-10(11)8-12)17-6-1-7-18-19-16/h2-3,8,17H,1,4-7,9H2,(H,20,21). The first-order valence-corrected chi connectivity index (χ1v) is 7.63. The zero-order valence-electron chi connectivity index (χ0n) is 11.5. The maximum absolute atomic E-state index is 11.7. The molecule has 0 spiro atoms. The Bertz CT molecular complexity index is 586. The van der Waals surface area contributed by atoms with Gasteiger partial charge in [-0.1, -0.05) is 27.1 Å². The molecular weight excluding hydrogens is 336 g/mol. The highest BCUT2D eigenvalue weighted by atomic mass is 79.9. The van der Waals surface area contributed by atoms with Crippen LogP contribution in [0.5, 0.6) is 0 Å². The number of aryl methyl sites for hydroxylation is 1. The molecule has 1 aliphatic rings. The maximum Gasteiger partial charge on any atom is 0.324 e. The van der Waals surface area contributed by atoms with Crippen molar-refractivity contribution in [3.05, 3.63) is 44.2 Å². The Kier molecular flexibility index (Phi) is 5.22. The highest BCUT2D eigenvalue weighted by Gasteiger charge is 2.40. The average Bonchev–Trinajstić information content (AvgIpc) is 2.47. The van der Waals surface area contributed by atoms with Gasteiger partial charge in [0.1, 0.15) is 5.54 Å². The molecule has 7 heteroatoms. The highest BCUT2D eigenvalue weighted by molar-refractivity contribution is 9.10. The van der Waals surface area contributed by atoms with Gasteiger partial charge in [-0.25, -0.2) is 0 Å². The van der Waals surface area contributed by atoms with E-state index in [0.717, 1.165) is 16.5 Å². The zero-order valence-corrected chi connectivity index (χ0v) is 13.1. The second kappa shape index (κ2) is 6.93. The summed E-state index contributed by atoms with van der Waals surface area (Å²) in [5.41, 5.74) is 9.59. The second-order valence-electron chi connectivity index (χ2n) is 5.21. The van der Waals surface area contributed by atoms with Crippen molar-refractivity contribution in [3.8, 4) is 0 Å². The molecule has 1 unspecified atom stereocenters. The van der Waals surface area contributed by atoms with E-state index < -0.39 is 11.5 Å². The van der Waals surface area contributed by atoms with Gasteiger partial charge >= 0.3 is 5.97 Å². The summed E-state index contributed by atoms with van der Waals surface area (Å²) >= 11 is 3.44. The number of carboxylic acids is 1. The summed E-state index contributed by atoms with van der Waals surface area (Å²) in [6.07, 6.45) is 2.41. The first kappa shape index (κ1) is 15.8. The van der Waals surface area contributed by atoms with Gasteiger partial charge in [-0.2, -0.15) is 0 Å². The van der Waals surface area contributed by atoms with Crippen molar-refractivity contribution in [1.29, 1.82) is 0 Å². The van der Waals surface area contributed by atoms with Crippen LogP contribution in [0.25, 0.3) is 10.4 Å². The normalized spacial score (nSPS) is 20.4. The van der Waals surface area contributed by atoms with Gasteiger partial charge in [0.15, 0.2) is 0 Å². The van der Waals surface area contributed by atoms with Gasteiger partial charge in [0, 0.05) is 22.4 Å². The predicted octanol–water partition coefficient (Wildman–Crippen LogP) is 3.05. The summed E-state index contributed by atoms with van der Waals surface area (Å²) in [4.78, 5) is 14.4. The van der Waals surface area contributed by atoms with Gasteiger partial charge in [-0.15, -0.1) is 0 Å². The number of hydrogen-bond acceptors (Lipinski definition) is 3. The third kappa shape index (κ3) is 3.75. The molecule has 1 aromatic rings. The van der Waals surface area contributed by atoms with E-state index in [-0.39, 0.29) is 0 Å². The number of halogens is 1. The monoisotopic (exact) mass is 352 g/mol. The van der Waals surface area contributed by atoms with Crippen molar-refractivity contribution in [1.82, 2.24) is 5.32 Å². The molecule has 2 rings (SSSR count). The Balaban J connectivity index is 2.08. The lowest BCUT2D eigenvalue weighted by atomic mass is 9.78. The Morgan fingerprint density at radius 1 is 1.52 bits per heavy atom. The van der Waals surface area contributed by atoms with Crippen LogP contribution in [-0.4, -0.2) is 29.7 Å². The van der Waals surface area contributed by atoms with E-state index >= 15 is 0 Å². The van der Waals surface area contributed by atoms with Crippen LogP contribution < -0.4 is 5.32 Å². The molecule has 0 fully saturated rings. The number of hydrogen-bond donors (Lipinski definition) is 2. The SMILES string of the molecule is [N-]=[N+]=NCCCNC1(C(=O)O)CCc2cc(Br)ccc2C1. The van der Waals surface area contributed by atoms with E-state index in [1.807, 2.05) is 12.1 Å². The Labute approximate surface area is 131 Å². The smallest absolute Gasteiger partial charge is 0.324 e. The van der Waals surface area contributed by atoms with Crippen molar-refractivity contribution in [2.45, 2.75) is 31.2 Å². The molecule has 1 atom stereocenters. The average molecular weight is 353 g/mol. The minimum Gasteiger partial charge on any atom is -0.480 e. The van der Waals surface area contributed by atoms with Crippen molar-refractivity contribution in [2.75, 3.05) is 13.1 Å². The van der Waals surface area contributed by atoms with Crippen molar-refractivity contribution in [2.24, 2.45) is 5.11 Å². The molecule has 0 radical (unpaired) electrons. The molecule has 0 bridgehead atoms. The summed E-state index contributed by atoms with van der Waals surface area (Å²) in [7, 11) is 0. The summed E-state index contributed by atoms with van der Waals surface area (Å²) in [5, 5.41) is 16.2. The van der Waals surface area contributed by atoms with Crippen molar-refractivity contribution >= 4 is 21.9 Å². The van der Waals surface area contributed by atoms with Gasteiger partial charge in [-0.05, 0) is 54.6 Å². The highest BCUT2D eigenvalue weighted by Crippen LogP contribution is 2.31. The van der Waals surface area contributed by atoms with Crippen LogP contribution in [-0.2, 0) is 17.6 Å². The van der Waals surface area contributed by atoms with E-state index in [4.69, 9.17) is 5.53 Å². The molecule has 21 heavy (non-hydrogen) atoms. The first-order chi connectivity index (χ1) is 10.1. The number of rotatable bonds is 6. The van der Waals surface area contributed by atoms with E-state index in [0.29, 0.717) is 32.4 Å². The van der Waals surface area contributed by atoms with Crippen molar-refractivity contribution < 1.29 is 9.90 Å². The maximum atomic E-state index is 11.7. The van der Waals surface area contributed by atoms with E-state index in [9.17, 15) is 9.90 Å². The third-order valence-electron chi connectivity index (χ3n) is 3.85. The summed E-state index contributed by atoms with van der Waals surface area (Å²) in [6.45, 7) is 0.903. The zero-order chi connectivity index (χ0) is 15.3. The van der Waals surface area contributed by atoms with Gasteiger partial charge in [0.05, 0.1) is 0 Å². The number of nitrogens with one attached hydrogen (secondary N) is 1. The molecule has 0 amide bonds. The summed E-state index contributed by atoms with van der Waals surface area (Å²) < 4.78 is 1.02. The molecule has 0 saturated heterocycles. The molecular formula is C14H17BrN4O2. The lowest BCUT2D eigenvalue weighted by molar-refractivity contribution is -0.145. The van der Waals surface area contributed by atoms with E-state index in [2.05, 4.69) is 37.3 Å². The van der Waals surface area contributed by atoms with Gasteiger partial charge < -0.3 is 10.4 Å². The predicted molar refractivity (Wildman–Crippen MR) is 83.2 cm³/mol. The molecule has 0 heterocycles. The van der Waals surface area contributed by atoms with Crippen LogP contribution in [0.1, 0.15) is 24.0 Å². The largest absolute Gasteiger partial charge is 0.480 e. The quantitative estimate of drug-likeness (QED) is 0.356. The second-order valence-corrected chi connectivity index (χ2v) is 6.13. The van der Waals surface area contributed by atoms with Crippen LogP contribution >= 0.6 is 15.9 Å². The number of carbonyl (C=O) groups is 1. The Morgan fingerprint density at radius 2 is 2.33 bits per heavy atom. The molecule has 1 aromatic carbocycles. The fraction of sp³-hybridized carbons (Fsp3) is 0.500. The van der Waals surface area contributed by atoms with Gasteiger partial charge in [0.2, 0.25) is 0 Å². The third-order valence-corrected chi connectivity index (χ3v) is 4.35. The molecule has 2 N–H and O–H groups in total. The number of nitrogens with zero attached hydrogens (tertiary/aromatic N) is 3. The van der Waals surface area contributed by atoms with E-state index in [1.54, 1.807) is 0 Å². The molecule has 0 aromatic heterocycles. The summed E-state index contributed by atoms with van der Waals surface area (Å²) in [6, 6.07) is 5.99. The fourth-order valence-electron chi connectivity index (χ4n) is 2.69. The minimum absolute atomic E-state index is 0.378. The summed E-state index contributed by atoms with van der Waals surface area (Å²) in [5.74, 6) is -0.820. The number of azide groups is 1. The Hall–Kier alpha value is -1.56. The van der Waals surface area contributed by atoms with Crippen molar-refractivity contribution in [3.63, 3.8) is 0 Å². The number of aliphatic carboxylic acids is 1. The molecule has 0 saturated carbocycles. The number of carboxylic acid groups (broad SMARTS) is 1. The minimum atomic E-state index is -0.919. The van der Waals surface area contributed by atoms with Gasteiger partial charge in [-0.3, -0.25) is 4.79 Å². The van der Waals surface area contributed by atoms with Crippen LogP contribution in [0.3, 0.4) is 0 Å².